The number of hydrogen-bond acceptors (Lipinski definition) is 6. The van der Waals surface area contributed by atoms with Gasteiger partial charge in [-0.15, -0.1) is 0 Å². The molecule has 3 N–H and O–H groups in total. The number of amides is 1. The molecule has 1 atom stereocenters. The molecule has 8 nitrogen and oxygen atoms in total. The Hall–Kier alpha value is -2.51. The predicted octanol–water partition coefficient (Wildman–Crippen LogP) is 2.54. The Morgan fingerprint density at radius 1 is 1.18 bits per heavy atom. The van der Waals surface area contributed by atoms with Gasteiger partial charge in [0.05, 0.1) is 6.42 Å². The number of nitrogens with zero attached hydrogens (tertiary/aromatic N) is 3. The molecule has 2 heterocycles. The van der Waals surface area contributed by atoms with Crippen LogP contribution in [0.4, 0.5) is 0 Å². The SMILES string of the molecule is Cc1ncc(C(CCCCCCC(=O)NC2=NCCCCN2)CC(=O)O)cn1. The molecule has 2 rings (SSSR count). The summed E-state index contributed by atoms with van der Waals surface area (Å²) in [6, 6.07) is 0. The van der Waals surface area contributed by atoms with Gasteiger partial charge in [-0.1, -0.05) is 19.3 Å². The van der Waals surface area contributed by atoms with Crippen molar-refractivity contribution in [3.05, 3.63) is 23.8 Å². The molecule has 0 spiro atoms. The van der Waals surface area contributed by atoms with Gasteiger partial charge in [0, 0.05) is 31.9 Å². The lowest BCUT2D eigenvalue weighted by atomic mass is 9.92. The molecule has 1 aliphatic rings. The highest BCUT2D eigenvalue weighted by Crippen LogP contribution is 2.25. The second kappa shape index (κ2) is 12.0. The average Bonchev–Trinajstić information content (AvgIpc) is 2.92. The number of carboxylic acids is 1. The number of carboxylic acid groups (broad SMARTS) is 1. The maximum atomic E-state index is 12.0. The number of aromatic nitrogens is 2. The number of hydrogen-bond donors (Lipinski definition) is 3. The zero-order chi connectivity index (χ0) is 20.2. The molecule has 1 aromatic heterocycles. The molecule has 1 aliphatic heterocycles. The normalized spacial score (nSPS) is 15.1. The van der Waals surface area contributed by atoms with Gasteiger partial charge in [-0.25, -0.2) is 9.97 Å². The lowest BCUT2D eigenvalue weighted by Gasteiger charge is -2.14. The monoisotopic (exact) mass is 389 g/mol. The molecule has 0 saturated carbocycles. The van der Waals surface area contributed by atoms with Crippen LogP contribution in [0.3, 0.4) is 0 Å². The van der Waals surface area contributed by atoms with Crippen LogP contribution in [0.15, 0.2) is 17.4 Å². The highest BCUT2D eigenvalue weighted by Gasteiger charge is 2.16. The Bertz CT molecular complexity index is 660. The topological polar surface area (TPSA) is 117 Å². The van der Waals surface area contributed by atoms with Crippen LogP contribution >= 0.6 is 0 Å². The van der Waals surface area contributed by atoms with E-state index in [4.69, 9.17) is 5.11 Å². The summed E-state index contributed by atoms with van der Waals surface area (Å²) in [5.74, 6) is 0.396. The molecule has 0 radical (unpaired) electrons. The van der Waals surface area contributed by atoms with Crippen molar-refractivity contribution in [2.24, 2.45) is 4.99 Å². The first-order valence-corrected chi connectivity index (χ1v) is 10.1. The minimum Gasteiger partial charge on any atom is -0.481 e. The van der Waals surface area contributed by atoms with Crippen molar-refractivity contribution >= 4 is 17.8 Å². The highest BCUT2D eigenvalue weighted by molar-refractivity contribution is 5.96. The van der Waals surface area contributed by atoms with Crippen molar-refractivity contribution in [1.82, 2.24) is 20.6 Å². The first-order chi connectivity index (χ1) is 13.5. The number of aryl methyl sites for hydroxylation is 1. The zero-order valence-electron chi connectivity index (χ0n) is 16.6. The third-order valence-corrected chi connectivity index (χ3v) is 4.80. The number of guanidine groups is 1. The number of unbranched alkanes of at least 4 members (excludes halogenated alkanes) is 3. The minimum atomic E-state index is -0.808. The van der Waals surface area contributed by atoms with Crippen LogP contribution in [0.5, 0.6) is 0 Å². The summed E-state index contributed by atoms with van der Waals surface area (Å²) in [7, 11) is 0. The van der Waals surface area contributed by atoms with Crippen molar-refractivity contribution in [2.45, 2.75) is 70.6 Å². The smallest absolute Gasteiger partial charge is 0.303 e. The quantitative estimate of drug-likeness (QED) is 0.530. The fraction of sp³-hybridized carbons (Fsp3) is 0.650. The molecule has 0 aromatic carbocycles. The summed E-state index contributed by atoms with van der Waals surface area (Å²) in [4.78, 5) is 35.8. The summed E-state index contributed by atoms with van der Waals surface area (Å²) >= 11 is 0. The van der Waals surface area contributed by atoms with E-state index < -0.39 is 5.97 Å². The molecule has 0 saturated heterocycles. The third-order valence-electron chi connectivity index (χ3n) is 4.80. The van der Waals surface area contributed by atoms with Crippen molar-refractivity contribution in [3.63, 3.8) is 0 Å². The molecule has 0 fully saturated rings. The van der Waals surface area contributed by atoms with E-state index in [1.165, 1.54) is 0 Å². The average molecular weight is 390 g/mol. The standard InChI is InChI=1S/C20H31N5O3/c1-15-23-13-17(14-24-15)16(12-19(27)28)8-4-2-3-5-9-18(26)25-20-21-10-6-7-11-22-20/h13-14,16H,2-12H2,1H3,(H,27,28)(H2,21,22,25,26). The van der Waals surface area contributed by atoms with Gasteiger partial charge in [-0.2, -0.15) is 0 Å². The zero-order valence-corrected chi connectivity index (χ0v) is 16.6. The van der Waals surface area contributed by atoms with Crippen LogP contribution < -0.4 is 10.6 Å². The van der Waals surface area contributed by atoms with E-state index >= 15 is 0 Å². The molecule has 1 amide bonds. The minimum absolute atomic E-state index is 0.00583. The molecule has 1 unspecified atom stereocenters. The van der Waals surface area contributed by atoms with Gasteiger partial charge in [-0.3, -0.25) is 19.9 Å². The van der Waals surface area contributed by atoms with Gasteiger partial charge < -0.3 is 10.4 Å². The molecular formula is C20H31N5O3. The molecule has 28 heavy (non-hydrogen) atoms. The number of rotatable bonds is 10. The first kappa shape index (κ1) is 21.8. The molecule has 8 heteroatoms. The van der Waals surface area contributed by atoms with Crippen molar-refractivity contribution < 1.29 is 14.7 Å². The lowest BCUT2D eigenvalue weighted by Crippen LogP contribution is -2.40. The van der Waals surface area contributed by atoms with Crippen LogP contribution in [0, 0.1) is 6.92 Å². The van der Waals surface area contributed by atoms with Gasteiger partial charge in [0.2, 0.25) is 5.91 Å². The van der Waals surface area contributed by atoms with Gasteiger partial charge in [0.1, 0.15) is 5.82 Å². The number of aliphatic carboxylic acids is 1. The summed E-state index contributed by atoms with van der Waals surface area (Å²) in [6.07, 6.45) is 10.6. The van der Waals surface area contributed by atoms with Crippen LogP contribution in [0.2, 0.25) is 0 Å². The van der Waals surface area contributed by atoms with Crippen molar-refractivity contribution in [3.8, 4) is 0 Å². The van der Waals surface area contributed by atoms with Crippen LogP contribution in [0.1, 0.15) is 75.1 Å². The van der Waals surface area contributed by atoms with Gasteiger partial charge in [0.25, 0.3) is 0 Å². The van der Waals surface area contributed by atoms with E-state index in [1.807, 2.05) is 6.92 Å². The maximum absolute atomic E-state index is 12.0. The van der Waals surface area contributed by atoms with Crippen LogP contribution in [0.25, 0.3) is 0 Å². The van der Waals surface area contributed by atoms with E-state index in [1.54, 1.807) is 12.4 Å². The Balaban J connectivity index is 1.64. The van der Waals surface area contributed by atoms with E-state index in [2.05, 4.69) is 25.6 Å². The number of aliphatic imine (C=N–C) groups is 1. The fourth-order valence-electron chi connectivity index (χ4n) is 3.21. The Morgan fingerprint density at radius 2 is 1.93 bits per heavy atom. The van der Waals surface area contributed by atoms with Gasteiger partial charge >= 0.3 is 5.97 Å². The second-order valence-electron chi connectivity index (χ2n) is 7.22. The highest BCUT2D eigenvalue weighted by atomic mass is 16.4. The Morgan fingerprint density at radius 3 is 2.68 bits per heavy atom. The van der Waals surface area contributed by atoms with Gasteiger partial charge in [-0.05, 0) is 44.1 Å². The second-order valence-corrected chi connectivity index (χ2v) is 7.22. The van der Waals surface area contributed by atoms with Crippen molar-refractivity contribution in [1.29, 1.82) is 0 Å². The maximum Gasteiger partial charge on any atom is 0.303 e. The molecule has 154 valence electrons. The van der Waals surface area contributed by atoms with Gasteiger partial charge in [0.15, 0.2) is 5.96 Å². The van der Waals surface area contributed by atoms with E-state index in [9.17, 15) is 9.59 Å². The van der Waals surface area contributed by atoms with E-state index in [0.717, 1.165) is 63.6 Å². The lowest BCUT2D eigenvalue weighted by molar-refractivity contribution is -0.137. The third kappa shape index (κ3) is 8.45. The largest absolute Gasteiger partial charge is 0.481 e. The fourth-order valence-corrected chi connectivity index (χ4v) is 3.21. The summed E-state index contributed by atoms with van der Waals surface area (Å²) < 4.78 is 0. The van der Waals surface area contributed by atoms with E-state index in [0.29, 0.717) is 18.2 Å². The number of carbonyl (C=O) groups excluding carboxylic acids is 1. The Labute approximate surface area is 166 Å². The predicted molar refractivity (Wildman–Crippen MR) is 107 cm³/mol. The van der Waals surface area contributed by atoms with E-state index in [-0.39, 0.29) is 18.2 Å². The molecule has 0 bridgehead atoms. The van der Waals surface area contributed by atoms with Crippen LogP contribution in [-0.4, -0.2) is 46.0 Å². The summed E-state index contributed by atoms with van der Waals surface area (Å²) in [5, 5.41) is 15.1. The van der Waals surface area contributed by atoms with Crippen LogP contribution in [-0.2, 0) is 9.59 Å². The summed E-state index contributed by atoms with van der Waals surface area (Å²) in [6.45, 7) is 3.42. The molecule has 0 aliphatic carbocycles. The Kier molecular flexibility index (Phi) is 9.37. The summed E-state index contributed by atoms with van der Waals surface area (Å²) in [5.41, 5.74) is 0.879. The number of carbonyl (C=O) groups is 2. The molecule has 1 aromatic rings. The first-order valence-electron chi connectivity index (χ1n) is 10.1. The van der Waals surface area contributed by atoms with Crippen molar-refractivity contribution in [2.75, 3.05) is 13.1 Å². The number of nitrogens with one attached hydrogen (secondary N) is 2. The molecular weight excluding hydrogens is 358 g/mol.